The number of amides is 1. The molecule has 0 spiro atoms. The minimum absolute atomic E-state index is 0.0257. The number of Topliss-reactive ketones (excluding diaryl/α,β-unsaturated/α-hetero) is 1. The first-order chi connectivity index (χ1) is 15.0. The molecule has 0 fully saturated rings. The maximum atomic E-state index is 12.9. The molecule has 5 nitrogen and oxygen atoms in total. The molecule has 0 atom stereocenters. The van der Waals surface area contributed by atoms with Crippen molar-refractivity contribution in [3.8, 4) is 10.4 Å². The van der Waals surface area contributed by atoms with E-state index in [1.807, 2.05) is 37.3 Å². The molecule has 0 saturated heterocycles. The van der Waals surface area contributed by atoms with Gasteiger partial charge in [-0.15, -0.1) is 11.3 Å². The number of ketones is 1. The smallest absolute Gasteiger partial charge is 0.231 e. The molecule has 3 heterocycles. The highest BCUT2D eigenvalue weighted by atomic mass is 32.2. The fourth-order valence-electron chi connectivity index (χ4n) is 3.71. The molecular weight excluding hydrogens is 426 g/mol. The van der Waals surface area contributed by atoms with Crippen LogP contribution in [0.2, 0.25) is 0 Å². The van der Waals surface area contributed by atoms with Crippen molar-refractivity contribution in [1.29, 1.82) is 0 Å². The predicted octanol–water partition coefficient (Wildman–Crippen LogP) is 5.16. The number of anilines is 1. The van der Waals surface area contributed by atoms with E-state index >= 15 is 0 Å². The number of likely N-dealkylation sites (N-methyl/N-ethyl adjacent to an activating group) is 1. The molecule has 7 heteroatoms. The molecule has 2 aromatic carbocycles. The van der Waals surface area contributed by atoms with E-state index in [1.165, 1.54) is 11.8 Å². The van der Waals surface area contributed by atoms with Gasteiger partial charge in [-0.1, -0.05) is 42.1 Å². The minimum atomic E-state index is 0.0257. The number of rotatable bonds is 5. The molecule has 0 saturated carbocycles. The molecule has 1 aliphatic rings. The summed E-state index contributed by atoms with van der Waals surface area (Å²) in [5.41, 5.74) is 3.57. The van der Waals surface area contributed by atoms with Crippen molar-refractivity contribution < 1.29 is 9.59 Å². The molecule has 1 amide bonds. The Morgan fingerprint density at radius 3 is 2.74 bits per heavy atom. The maximum absolute atomic E-state index is 12.9. The summed E-state index contributed by atoms with van der Waals surface area (Å²) < 4.78 is 0. The van der Waals surface area contributed by atoms with Crippen LogP contribution in [0.5, 0.6) is 0 Å². The molecule has 0 radical (unpaired) electrons. The number of hydrogen-bond acceptors (Lipinski definition) is 6. The first-order valence-electron chi connectivity index (χ1n) is 9.88. The van der Waals surface area contributed by atoms with E-state index in [0.717, 1.165) is 36.9 Å². The van der Waals surface area contributed by atoms with E-state index in [4.69, 9.17) is 0 Å². The largest absolute Gasteiger partial charge is 0.315 e. The van der Waals surface area contributed by atoms with Crippen LogP contribution >= 0.6 is 23.1 Å². The molecule has 0 N–H and O–H groups in total. The van der Waals surface area contributed by atoms with Crippen LogP contribution in [-0.2, 0) is 11.2 Å². The summed E-state index contributed by atoms with van der Waals surface area (Å²) in [6.45, 7) is 1.88. The Bertz CT molecular complexity index is 1330. The highest BCUT2D eigenvalue weighted by Crippen LogP contribution is 2.37. The van der Waals surface area contributed by atoms with Crippen LogP contribution in [0.15, 0.2) is 59.6 Å². The zero-order chi connectivity index (χ0) is 21.5. The number of nitrogens with zero attached hydrogens (tertiary/aromatic N) is 3. The van der Waals surface area contributed by atoms with Crippen LogP contribution in [0, 0.1) is 6.92 Å². The monoisotopic (exact) mass is 445 g/mol. The van der Waals surface area contributed by atoms with Crippen molar-refractivity contribution in [2.45, 2.75) is 18.4 Å². The van der Waals surface area contributed by atoms with E-state index in [9.17, 15) is 9.59 Å². The molecule has 0 bridgehead atoms. The second kappa shape index (κ2) is 7.90. The Hall–Kier alpha value is -3.03. The van der Waals surface area contributed by atoms with Crippen LogP contribution in [0.25, 0.3) is 20.7 Å². The average Bonchev–Trinajstić information content (AvgIpc) is 3.33. The van der Waals surface area contributed by atoms with Gasteiger partial charge in [-0.05, 0) is 42.3 Å². The number of carbonyl (C=O) groups is 2. The molecule has 5 rings (SSSR count). The van der Waals surface area contributed by atoms with Crippen molar-refractivity contribution in [3.63, 3.8) is 0 Å². The molecule has 1 aliphatic heterocycles. The second-order valence-corrected chi connectivity index (χ2v) is 9.45. The van der Waals surface area contributed by atoms with Gasteiger partial charge in [0, 0.05) is 28.6 Å². The van der Waals surface area contributed by atoms with Crippen molar-refractivity contribution >= 4 is 50.7 Å². The summed E-state index contributed by atoms with van der Waals surface area (Å²) in [5.74, 6) is 1.06. The van der Waals surface area contributed by atoms with Crippen LogP contribution in [0.4, 0.5) is 5.69 Å². The lowest BCUT2D eigenvalue weighted by molar-refractivity contribution is -0.117. The summed E-state index contributed by atoms with van der Waals surface area (Å²) in [7, 11) is 1.76. The fourth-order valence-corrected chi connectivity index (χ4v) is 5.80. The van der Waals surface area contributed by atoms with Gasteiger partial charge in [0.1, 0.15) is 15.7 Å². The summed E-state index contributed by atoms with van der Waals surface area (Å²) in [5, 5.41) is 1.80. The number of hydrogen-bond donors (Lipinski definition) is 0. The van der Waals surface area contributed by atoms with Gasteiger partial charge in [-0.3, -0.25) is 9.59 Å². The summed E-state index contributed by atoms with van der Waals surface area (Å²) >= 11 is 3.08. The topological polar surface area (TPSA) is 63.2 Å². The zero-order valence-electron chi connectivity index (χ0n) is 17.1. The van der Waals surface area contributed by atoms with Crippen molar-refractivity contribution in [3.05, 3.63) is 71.5 Å². The number of thioether (sulfide) groups is 1. The SMILES string of the molecule is Cc1nc(SCC(=O)c2ccc3c(c2)CC(=O)N3C)c2cc(-c3ccccc3)sc2n1. The normalized spacial score (nSPS) is 13.1. The Morgan fingerprint density at radius 2 is 1.94 bits per heavy atom. The Morgan fingerprint density at radius 1 is 1.13 bits per heavy atom. The van der Waals surface area contributed by atoms with Crippen molar-refractivity contribution in [2.75, 3.05) is 17.7 Å². The number of aromatic nitrogens is 2. The zero-order valence-corrected chi connectivity index (χ0v) is 18.7. The Labute approximate surface area is 188 Å². The van der Waals surface area contributed by atoms with E-state index in [1.54, 1.807) is 29.4 Å². The van der Waals surface area contributed by atoms with Gasteiger partial charge < -0.3 is 4.90 Å². The van der Waals surface area contributed by atoms with Crippen LogP contribution < -0.4 is 4.90 Å². The lowest BCUT2D eigenvalue weighted by Crippen LogP contribution is -2.20. The summed E-state index contributed by atoms with van der Waals surface area (Å²) in [6.07, 6.45) is 0.350. The molecule has 0 unspecified atom stereocenters. The van der Waals surface area contributed by atoms with E-state index < -0.39 is 0 Å². The van der Waals surface area contributed by atoms with Crippen LogP contribution in [-0.4, -0.2) is 34.5 Å². The van der Waals surface area contributed by atoms with Crippen molar-refractivity contribution in [1.82, 2.24) is 9.97 Å². The van der Waals surface area contributed by atoms with Gasteiger partial charge in [-0.25, -0.2) is 9.97 Å². The third-order valence-corrected chi connectivity index (χ3v) is 7.42. The first kappa shape index (κ1) is 19.9. The quantitative estimate of drug-likeness (QED) is 0.241. The highest BCUT2D eigenvalue weighted by molar-refractivity contribution is 8.00. The van der Waals surface area contributed by atoms with Crippen molar-refractivity contribution in [2.24, 2.45) is 0 Å². The predicted molar refractivity (Wildman–Crippen MR) is 126 cm³/mol. The van der Waals surface area contributed by atoms with Gasteiger partial charge in [0.25, 0.3) is 0 Å². The average molecular weight is 446 g/mol. The number of aryl methyl sites for hydroxylation is 1. The van der Waals surface area contributed by atoms with Gasteiger partial charge in [-0.2, -0.15) is 0 Å². The number of thiophene rings is 1. The fraction of sp³-hybridized carbons (Fsp3) is 0.167. The van der Waals surface area contributed by atoms with E-state index in [0.29, 0.717) is 17.8 Å². The lowest BCUT2D eigenvalue weighted by atomic mass is 10.1. The Balaban J connectivity index is 1.40. The highest BCUT2D eigenvalue weighted by Gasteiger charge is 2.25. The first-order valence-corrected chi connectivity index (χ1v) is 11.7. The van der Waals surface area contributed by atoms with E-state index in [2.05, 4.69) is 28.2 Å². The second-order valence-electron chi connectivity index (χ2n) is 7.46. The van der Waals surface area contributed by atoms with Gasteiger partial charge in [0.15, 0.2) is 5.78 Å². The number of benzene rings is 2. The van der Waals surface area contributed by atoms with E-state index in [-0.39, 0.29) is 17.4 Å². The molecular formula is C24H19N3O2S2. The van der Waals surface area contributed by atoms with Crippen LogP contribution in [0.3, 0.4) is 0 Å². The lowest BCUT2D eigenvalue weighted by Gasteiger charge is -2.10. The molecule has 0 aliphatic carbocycles. The van der Waals surface area contributed by atoms with Crippen LogP contribution in [0.1, 0.15) is 21.7 Å². The van der Waals surface area contributed by atoms with Gasteiger partial charge >= 0.3 is 0 Å². The third kappa shape index (κ3) is 3.75. The Kier molecular flexibility index (Phi) is 5.08. The molecule has 154 valence electrons. The molecule has 4 aromatic rings. The standard InChI is InChI=1S/C24H19N3O2S2/c1-14-25-23(18-12-21(31-24(18)26-14)15-6-4-3-5-7-15)30-13-20(28)16-8-9-19-17(10-16)11-22(29)27(19)2/h3-10,12H,11,13H2,1-2H3. The number of carbonyl (C=O) groups excluding carboxylic acids is 2. The summed E-state index contributed by atoms with van der Waals surface area (Å²) in [4.78, 5) is 37.7. The maximum Gasteiger partial charge on any atom is 0.231 e. The van der Waals surface area contributed by atoms with Gasteiger partial charge in [0.2, 0.25) is 5.91 Å². The minimum Gasteiger partial charge on any atom is -0.315 e. The third-order valence-electron chi connectivity index (χ3n) is 5.35. The number of fused-ring (bicyclic) bond motifs is 2. The molecule has 2 aromatic heterocycles. The van der Waals surface area contributed by atoms with Gasteiger partial charge in [0.05, 0.1) is 12.2 Å². The summed E-state index contributed by atoms with van der Waals surface area (Å²) in [6, 6.07) is 17.8. The molecule has 31 heavy (non-hydrogen) atoms.